The Labute approximate surface area is 113 Å². The number of hydrogen-bond donors (Lipinski definition) is 1. The molecule has 1 fully saturated rings. The number of ether oxygens (including phenoxy) is 2. The molecule has 0 aromatic heterocycles. The molecule has 1 aliphatic rings. The topological polar surface area (TPSA) is 47.7 Å². The minimum absolute atomic E-state index is 0.130. The lowest BCUT2D eigenvalue weighted by atomic mass is 10.1. The first-order valence-electron chi connectivity index (χ1n) is 6.62. The molecule has 0 aliphatic carbocycles. The molecule has 0 bridgehead atoms. The van der Waals surface area contributed by atoms with Gasteiger partial charge in [0.2, 0.25) is 0 Å². The van der Waals surface area contributed by atoms with Crippen LogP contribution in [0.15, 0.2) is 18.2 Å². The fourth-order valence-corrected chi connectivity index (χ4v) is 2.31. The fraction of sp³-hybridized carbons (Fsp3) is 0.571. The molecule has 1 saturated heterocycles. The van der Waals surface area contributed by atoms with Crippen LogP contribution in [0.2, 0.25) is 0 Å². The van der Waals surface area contributed by atoms with Gasteiger partial charge in [-0.05, 0) is 25.0 Å². The number of halogens is 1. The van der Waals surface area contributed by atoms with E-state index < -0.39 is 0 Å². The molecule has 1 heterocycles. The molecule has 2 rings (SSSR count). The Bertz CT molecular complexity index is 414. The van der Waals surface area contributed by atoms with Crippen LogP contribution in [0.3, 0.4) is 0 Å². The van der Waals surface area contributed by atoms with E-state index in [2.05, 4.69) is 0 Å². The smallest absolute Gasteiger partial charge is 0.150 e. The molecule has 106 valence electrons. The zero-order valence-electron chi connectivity index (χ0n) is 11.3. The van der Waals surface area contributed by atoms with E-state index in [-0.39, 0.29) is 11.9 Å². The van der Waals surface area contributed by atoms with Crippen molar-refractivity contribution in [3.8, 4) is 5.75 Å². The van der Waals surface area contributed by atoms with Crippen molar-refractivity contribution in [3.05, 3.63) is 24.0 Å². The summed E-state index contributed by atoms with van der Waals surface area (Å²) in [5, 5.41) is 0. The normalized spacial score (nSPS) is 19.5. The average Bonchev–Trinajstić information content (AvgIpc) is 2.39. The van der Waals surface area contributed by atoms with E-state index >= 15 is 0 Å². The molecule has 4 nitrogen and oxygen atoms in total. The highest BCUT2D eigenvalue weighted by molar-refractivity contribution is 5.51. The zero-order chi connectivity index (χ0) is 13.7. The highest BCUT2D eigenvalue weighted by Crippen LogP contribution is 2.26. The zero-order valence-corrected chi connectivity index (χ0v) is 11.3. The predicted octanol–water partition coefficient (Wildman–Crippen LogP) is 1.78. The predicted molar refractivity (Wildman–Crippen MR) is 73.2 cm³/mol. The molecule has 1 aliphatic heterocycles. The van der Waals surface area contributed by atoms with E-state index in [0.717, 1.165) is 19.4 Å². The first kappa shape index (κ1) is 14.1. The number of hydrogen-bond acceptors (Lipinski definition) is 4. The van der Waals surface area contributed by atoms with Gasteiger partial charge in [0.15, 0.2) is 0 Å². The summed E-state index contributed by atoms with van der Waals surface area (Å²) >= 11 is 0. The maximum atomic E-state index is 14.1. The summed E-state index contributed by atoms with van der Waals surface area (Å²) in [5.41, 5.74) is 6.53. The van der Waals surface area contributed by atoms with Crippen molar-refractivity contribution in [2.75, 3.05) is 38.3 Å². The Morgan fingerprint density at radius 3 is 2.95 bits per heavy atom. The summed E-state index contributed by atoms with van der Waals surface area (Å²) in [6.07, 6.45) is 2.02. The molecule has 1 unspecified atom stereocenters. The number of benzene rings is 1. The molecule has 1 aromatic carbocycles. The van der Waals surface area contributed by atoms with E-state index in [1.165, 1.54) is 6.07 Å². The summed E-state index contributed by atoms with van der Waals surface area (Å²) in [4.78, 5) is 2.00. The molecule has 0 amide bonds. The lowest BCUT2D eigenvalue weighted by molar-refractivity contribution is 0.146. The van der Waals surface area contributed by atoms with Crippen LogP contribution < -0.4 is 15.4 Å². The van der Waals surface area contributed by atoms with Gasteiger partial charge in [0.05, 0.1) is 12.3 Å². The van der Waals surface area contributed by atoms with Gasteiger partial charge in [0.1, 0.15) is 18.2 Å². The van der Waals surface area contributed by atoms with E-state index in [9.17, 15) is 4.39 Å². The number of rotatable bonds is 5. The number of nitrogens with two attached hydrogens (primary N) is 1. The molecule has 0 radical (unpaired) electrons. The quantitative estimate of drug-likeness (QED) is 0.827. The van der Waals surface area contributed by atoms with Crippen LogP contribution in [0.4, 0.5) is 10.1 Å². The summed E-state index contributed by atoms with van der Waals surface area (Å²) in [7, 11) is 1.60. The Kier molecular flexibility index (Phi) is 4.99. The minimum atomic E-state index is -0.260. The molecule has 0 saturated carbocycles. The standard InChI is InChI=1S/C14H21FN2O2/c1-18-7-8-19-12-4-5-14(13(15)9-12)17-6-2-3-11(16)10-17/h4-5,9,11H,2-3,6-8,10,16H2,1H3. The van der Waals surface area contributed by atoms with Crippen molar-refractivity contribution in [3.63, 3.8) is 0 Å². The second kappa shape index (κ2) is 6.73. The van der Waals surface area contributed by atoms with Crippen molar-refractivity contribution in [1.29, 1.82) is 0 Å². The number of nitrogens with zero attached hydrogens (tertiary/aromatic N) is 1. The van der Waals surface area contributed by atoms with Gasteiger partial charge in [-0.25, -0.2) is 4.39 Å². The van der Waals surface area contributed by atoms with Crippen molar-refractivity contribution < 1.29 is 13.9 Å². The van der Waals surface area contributed by atoms with Crippen LogP contribution in [0.1, 0.15) is 12.8 Å². The van der Waals surface area contributed by atoms with E-state index in [1.807, 2.05) is 4.90 Å². The van der Waals surface area contributed by atoms with Crippen molar-refractivity contribution in [1.82, 2.24) is 0 Å². The van der Waals surface area contributed by atoms with E-state index in [4.69, 9.17) is 15.2 Å². The molecule has 2 N–H and O–H groups in total. The number of piperidine rings is 1. The Morgan fingerprint density at radius 1 is 1.42 bits per heavy atom. The third-order valence-electron chi connectivity index (χ3n) is 3.27. The Hall–Kier alpha value is -1.33. The molecule has 1 aromatic rings. The van der Waals surface area contributed by atoms with Crippen LogP contribution in [0.25, 0.3) is 0 Å². The maximum Gasteiger partial charge on any atom is 0.150 e. The van der Waals surface area contributed by atoms with Gasteiger partial charge >= 0.3 is 0 Å². The van der Waals surface area contributed by atoms with E-state index in [0.29, 0.717) is 31.2 Å². The van der Waals surface area contributed by atoms with Crippen molar-refractivity contribution >= 4 is 5.69 Å². The van der Waals surface area contributed by atoms with Gasteiger partial charge in [0, 0.05) is 32.3 Å². The summed E-state index contributed by atoms with van der Waals surface area (Å²) in [6, 6.07) is 5.10. The highest BCUT2D eigenvalue weighted by atomic mass is 19.1. The van der Waals surface area contributed by atoms with Crippen LogP contribution in [-0.2, 0) is 4.74 Å². The molecule has 1 atom stereocenters. The van der Waals surface area contributed by atoms with Gasteiger partial charge in [0.25, 0.3) is 0 Å². The van der Waals surface area contributed by atoms with Gasteiger partial charge in [-0.15, -0.1) is 0 Å². The summed E-state index contributed by atoms with van der Waals surface area (Å²) in [6.45, 7) is 2.48. The third kappa shape index (κ3) is 3.81. The van der Waals surface area contributed by atoms with Crippen LogP contribution >= 0.6 is 0 Å². The lowest BCUT2D eigenvalue weighted by Gasteiger charge is -2.32. The third-order valence-corrected chi connectivity index (χ3v) is 3.27. The molecule has 0 spiro atoms. The average molecular weight is 268 g/mol. The SMILES string of the molecule is COCCOc1ccc(N2CCCC(N)C2)c(F)c1. The Morgan fingerprint density at radius 2 is 2.26 bits per heavy atom. The van der Waals surface area contributed by atoms with Gasteiger partial charge < -0.3 is 20.1 Å². The monoisotopic (exact) mass is 268 g/mol. The molecular formula is C14H21FN2O2. The largest absolute Gasteiger partial charge is 0.491 e. The van der Waals surface area contributed by atoms with Crippen LogP contribution in [0, 0.1) is 5.82 Å². The first-order valence-corrected chi connectivity index (χ1v) is 6.62. The van der Waals surface area contributed by atoms with Gasteiger partial charge in [-0.1, -0.05) is 0 Å². The maximum absolute atomic E-state index is 14.1. The minimum Gasteiger partial charge on any atom is -0.491 e. The van der Waals surface area contributed by atoms with Gasteiger partial charge in [-0.3, -0.25) is 0 Å². The summed E-state index contributed by atoms with van der Waals surface area (Å²) in [5.74, 6) is 0.267. The fourth-order valence-electron chi connectivity index (χ4n) is 2.31. The first-order chi connectivity index (χ1) is 9.20. The Balaban J connectivity index is 2.02. The highest BCUT2D eigenvalue weighted by Gasteiger charge is 2.19. The van der Waals surface area contributed by atoms with Gasteiger partial charge in [-0.2, -0.15) is 0 Å². The van der Waals surface area contributed by atoms with E-state index in [1.54, 1.807) is 19.2 Å². The molecular weight excluding hydrogens is 247 g/mol. The van der Waals surface area contributed by atoms with Crippen LogP contribution in [0.5, 0.6) is 5.75 Å². The van der Waals surface area contributed by atoms with Crippen molar-refractivity contribution in [2.45, 2.75) is 18.9 Å². The molecule has 5 heteroatoms. The van der Waals surface area contributed by atoms with Crippen molar-refractivity contribution in [2.24, 2.45) is 5.73 Å². The number of methoxy groups -OCH3 is 1. The number of anilines is 1. The molecule has 19 heavy (non-hydrogen) atoms. The second-order valence-corrected chi connectivity index (χ2v) is 4.80. The van der Waals surface area contributed by atoms with Crippen LogP contribution in [-0.4, -0.2) is 39.5 Å². The summed E-state index contributed by atoms with van der Waals surface area (Å²) < 4.78 is 24.3. The second-order valence-electron chi connectivity index (χ2n) is 4.80. The lowest BCUT2D eigenvalue weighted by Crippen LogP contribution is -2.43.